The van der Waals surface area contributed by atoms with Crippen LogP contribution in [0.15, 0.2) is 54.6 Å². The van der Waals surface area contributed by atoms with Gasteiger partial charge in [0.25, 0.3) is 0 Å². The van der Waals surface area contributed by atoms with E-state index in [1.54, 1.807) is 62.6 Å². The van der Waals surface area contributed by atoms with Crippen LogP contribution in [0.25, 0.3) is 0 Å². The molecule has 1 unspecified atom stereocenters. The van der Waals surface area contributed by atoms with Gasteiger partial charge in [-0.2, -0.15) is 0 Å². The summed E-state index contributed by atoms with van der Waals surface area (Å²) < 4.78 is 31.3. The number of rotatable bonds is 11. The van der Waals surface area contributed by atoms with Crippen LogP contribution < -0.4 is 14.4 Å². The molecule has 0 aromatic heterocycles. The van der Waals surface area contributed by atoms with Crippen molar-refractivity contribution in [3.63, 3.8) is 0 Å². The van der Waals surface area contributed by atoms with Crippen LogP contribution in [-0.4, -0.2) is 57.6 Å². The molecule has 174 valence electrons. The van der Waals surface area contributed by atoms with Gasteiger partial charge in [-0.1, -0.05) is 37.3 Å². The number of nitrogens with one attached hydrogen (secondary N) is 1. The number of hydrogen-bond donors (Lipinski definition) is 1. The molecule has 0 aliphatic rings. The van der Waals surface area contributed by atoms with E-state index in [1.165, 1.54) is 4.90 Å². The summed E-state index contributed by atoms with van der Waals surface area (Å²) in [5.74, 6) is -0.125. The predicted octanol–water partition coefficient (Wildman–Crippen LogP) is 2.40. The molecule has 0 bridgehead atoms. The van der Waals surface area contributed by atoms with E-state index in [4.69, 9.17) is 4.74 Å². The quantitative estimate of drug-likeness (QED) is 0.554. The molecular weight excluding hydrogens is 430 g/mol. The number of carbonyl (C=O) groups is 2. The molecular formula is C23H31N3O5S. The highest BCUT2D eigenvalue weighted by Gasteiger charge is 2.31. The van der Waals surface area contributed by atoms with E-state index in [-0.39, 0.29) is 12.5 Å². The number of nitrogens with zero attached hydrogens (tertiary/aromatic N) is 2. The number of para-hydroxylation sites is 1. The van der Waals surface area contributed by atoms with Gasteiger partial charge >= 0.3 is 0 Å². The second kappa shape index (κ2) is 11.5. The first kappa shape index (κ1) is 25.2. The van der Waals surface area contributed by atoms with Crippen molar-refractivity contribution in [3.05, 3.63) is 60.2 Å². The molecule has 2 aromatic carbocycles. The topological polar surface area (TPSA) is 96.0 Å². The highest BCUT2D eigenvalue weighted by molar-refractivity contribution is 7.92. The van der Waals surface area contributed by atoms with Gasteiger partial charge in [0.05, 0.1) is 19.1 Å². The Morgan fingerprint density at radius 1 is 1.06 bits per heavy atom. The highest BCUT2D eigenvalue weighted by atomic mass is 32.2. The fourth-order valence-electron chi connectivity index (χ4n) is 3.39. The number of hydrogen-bond acceptors (Lipinski definition) is 5. The molecule has 0 aliphatic carbocycles. The summed E-state index contributed by atoms with van der Waals surface area (Å²) in [6, 6.07) is 14.9. The molecule has 0 heterocycles. The van der Waals surface area contributed by atoms with Crippen LogP contribution in [0.2, 0.25) is 0 Å². The van der Waals surface area contributed by atoms with Crippen LogP contribution in [0.4, 0.5) is 5.69 Å². The number of methoxy groups -OCH3 is 1. The Balaban J connectivity index is 2.41. The van der Waals surface area contributed by atoms with Crippen molar-refractivity contribution in [2.24, 2.45) is 0 Å². The molecule has 0 aliphatic heterocycles. The lowest BCUT2D eigenvalue weighted by Crippen LogP contribution is -2.52. The van der Waals surface area contributed by atoms with Gasteiger partial charge in [0, 0.05) is 13.1 Å². The van der Waals surface area contributed by atoms with Crippen LogP contribution in [0.1, 0.15) is 25.8 Å². The first-order valence-electron chi connectivity index (χ1n) is 10.4. The van der Waals surface area contributed by atoms with Gasteiger partial charge in [0.1, 0.15) is 18.3 Å². The maximum atomic E-state index is 13.5. The molecule has 0 saturated heterocycles. The normalized spacial score (nSPS) is 12.0. The van der Waals surface area contributed by atoms with Gasteiger partial charge in [-0.15, -0.1) is 0 Å². The number of sulfonamides is 1. The van der Waals surface area contributed by atoms with Crippen LogP contribution in [0.5, 0.6) is 5.75 Å². The zero-order valence-electron chi connectivity index (χ0n) is 18.9. The van der Waals surface area contributed by atoms with Crippen molar-refractivity contribution in [2.75, 3.05) is 30.8 Å². The maximum Gasteiger partial charge on any atom is 0.244 e. The van der Waals surface area contributed by atoms with Crippen molar-refractivity contribution in [1.82, 2.24) is 10.2 Å². The lowest BCUT2D eigenvalue weighted by Gasteiger charge is -2.32. The lowest BCUT2D eigenvalue weighted by molar-refractivity contribution is -0.140. The number of anilines is 1. The van der Waals surface area contributed by atoms with Crippen molar-refractivity contribution in [1.29, 1.82) is 0 Å². The Morgan fingerprint density at radius 2 is 1.75 bits per heavy atom. The summed E-state index contributed by atoms with van der Waals surface area (Å²) >= 11 is 0. The van der Waals surface area contributed by atoms with E-state index in [0.29, 0.717) is 24.4 Å². The molecule has 2 amide bonds. The highest BCUT2D eigenvalue weighted by Crippen LogP contribution is 2.20. The molecule has 8 nitrogen and oxygen atoms in total. The Kier molecular flexibility index (Phi) is 9.07. The van der Waals surface area contributed by atoms with E-state index in [2.05, 4.69) is 5.32 Å². The van der Waals surface area contributed by atoms with Crippen molar-refractivity contribution in [2.45, 2.75) is 32.9 Å². The summed E-state index contributed by atoms with van der Waals surface area (Å²) in [5.41, 5.74) is 1.15. The van der Waals surface area contributed by atoms with Gasteiger partial charge in [-0.05, 0) is 43.2 Å². The third kappa shape index (κ3) is 6.71. The second-order valence-electron chi connectivity index (χ2n) is 7.30. The summed E-state index contributed by atoms with van der Waals surface area (Å²) in [6.45, 7) is 3.77. The Hall–Kier alpha value is -3.07. The van der Waals surface area contributed by atoms with Crippen LogP contribution in [0.3, 0.4) is 0 Å². The molecule has 9 heteroatoms. The third-order valence-corrected chi connectivity index (χ3v) is 6.09. The fourth-order valence-corrected chi connectivity index (χ4v) is 4.24. The Labute approximate surface area is 190 Å². The summed E-state index contributed by atoms with van der Waals surface area (Å²) in [6.07, 6.45) is 1.44. The number of likely N-dealkylation sites (N-methyl/N-ethyl adjacent to an activating group) is 1. The van der Waals surface area contributed by atoms with Crippen LogP contribution in [-0.2, 0) is 26.2 Å². The maximum absolute atomic E-state index is 13.5. The number of carbonyl (C=O) groups excluding carboxylic acids is 2. The number of amides is 2. The van der Waals surface area contributed by atoms with Crippen LogP contribution >= 0.6 is 0 Å². The standard InChI is InChI=1S/C23H31N3O5S/c1-5-21(23(28)24-6-2)25(16-18-11-10-14-20(15-18)31-3)22(27)17-26(32(4,29)30)19-12-8-7-9-13-19/h7-15,21H,5-6,16-17H2,1-4H3,(H,24,28). The molecule has 0 saturated carbocycles. The monoisotopic (exact) mass is 461 g/mol. The number of ether oxygens (including phenoxy) is 1. The summed E-state index contributed by atoms with van der Waals surface area (Å²) in [7, 11) is -2.18. The smallest absolute Gasteiger partial charge is 0.244 e. The predicted molar refractivity (Wildman–Crippen MR) is 125 cm³/mol. The Morgan fingerprint density at radius 3 is 2.31 bits per heavy atom. The average Bonchev–Trinajstić information content (AvgIpc) is 2.77. The van der Waals surface area contributed by atoms with Gasteiger partial charge in [0.15, 0.2) is 0 Å². The van der Waals surface area contributed by atoms with Gasteiger partial charge in [-0.3, -0.25) is 13.9 Å². The number of benzene rings is 2. The van der Waals surface area contributed by atoms with E-state index in [9.17, 15) is 18.0 Å². The fraction of sp³-hybridized carbons (Fsp3) is 0.391. The van der Waals surface area contributed by atoms with Crippen molar-refractivity contribution in [3.8, 4) is 5.75 Å². The molecule has 32 heavy (non-hydrogen) atoms. The minimum absolute atomic E-state index is 0.137. The molecule has 0 spiro atoms. The second-order valence-corrected chi connectivity index (χ2v) is 9.20. The lowest BCUT2D eigenvalue weighted by atomic mass is 10.1. The van der Waals surface area contributed by atoms with E-state index < -0.39 is 28.5 Å². The van der Waals surface area contributed by atoms with Gasteiger partial charge in [0.2, 0.25) is 21.8 Å². The van der Waals surface area contributed by atoms with E-state index in [1.807, 2.05) is 13.0 Å². The molecule has 2 aromatic rings. The minimum atomic E-state index is -3.73. The van der Waals surface area contributed by atoms with Crippen LogP contribution in [0, 0.1) is 0 Å². The van der Waals surface area contributed by atoms with Crippen molar-refractivity contribution >= 4 is 27.5 Å². The summed E-state index contributed by atoms with van der Waals surface area (Å²) in [4.78, 5) is 27.6. The third-order valence-electron chi connectivity index (χ3n) is 4.95. The van der Waals surface area contributed by atoms with Gasteiger partial charge < -0.3 is 15.0 Å². The first-order valence-corrected chi connectivity index (χ1v) is 12.3. The zero-order valence-corrected chi connectivity index (χ0v) is 19.8. The molecule has 1 atom stereocenters. The largest absolute Gasteiger partial charge is 0.497 e. The molecule has 1 N–H and O–H groups in total. The molecule has 0 radical (unpaired) electrons. The summed E-state index contributed by atoms with van der Waals surface area (Å²) in [5, 5.41) is 2.77. The average molecular weight is 462 g/mol. The molecule has 0 fully saturated rings. The Bertz CT molecular complexity index is 1010. The molecule has 2 rings (SSSR count). The minimum Gasteiger partial charge on any atom is -0.497 e. The van der Waals surface area contributed by atoms with E-state index in [0.717, 1.165) is 16.1 Å². The van der Waals surface area contributed by atoms with Gasteiger partial charge in [-0.25, -0.2) is 8.42 Å². The zero-order chi connectivity index (χ0) is 23.7. The van der Waals surface area contributed by atoms with Crippen molar-refractivity contribution < 1.29 is 22.7 Å². The first-order chi connectivity index (χ1) is 15.2. The SMILES string of the molecule is CCNC(=O)C(CC)N(Cc1cccc(OC)c1)C(=O)CN(c1ccccc1)S(C)(=O)=O. The van der Waals surface area contributed by atoms with E-state index >= 15 is 0 Å².